The van der Waals surface area contributed by atoms with Crippen LogP contribution in [0, 0.1) is 0 Å². The number of anilines is 1. The van der Waals surface area contributed by atoms with Crippen LogP contribution >= 0.6 is 0 Å². The summed E-state index contributed by atoms with van der Waals surface area (Å²) in [5.74, 6) is 1.23. The predicted octanol–water partition coefficient (Wildman–Crippen LogP) is 2.68. The molecule has 6 heteroatoms. The van der Waals surface area contributed by atoms with Crippen molar-refractivity contribution in [1.82, 2.24) is 20.4 Å². The minimum absolute atomic E-state index is 0.300. The normalized spacial score (nSPS) is 21.0. The molecule has 1 aromatic carbocycles. The lowest BCUT2D eigenvalue weighted by Gasteiger charge is -2.32. The third kappa shape index (κ3) is 4.80. The molecular formula is C22H31N5O. The lowest BCUT2D eigenvalue weighted by molar-refractivity contribution is 0.312. The van der Waals surface area contributed by atoms with Gasteiger partial charge in [-0.25, -0.2) is 0 Å². The van der Waals surface area contributed by atoms with Gasteiger partial charge in [0, 0.05) is 37.8 Å². The third-order valence-corrected chi connectivity index (χ3v) is 5.94. The van der Waals surface area contributed by atoms with Crippen LogP contribution in [0.25, 0.3) is 11.3 Å². The van der Waals surface area contributed by atoms with Crippen molar-refractivity contribution >= 4 is 5.82 Å². The second-order valence-corrected chi connectivity index (χ2v) is 8.14. The number of piperazine rings is 1. The highest BCUT2D eigenvalue weighted by atomic mass is 16.3. The number of piperidine rings is 1. The Hall–Kier alpha value is -2.18. The largest absolute Gasteiger partial charge is 0.508 e. The van der Waals surface area contributed by atoms with Crippen molar-refractivity contribution in [2.75, 3.05) is 44.7 Å². The Morgan fingerprint density at radius 3 is 2.64 bits per heavy atom. The van der Waals surface area contributed by atoms with Crippen molar-refractivity contribution < 1.29 is 5.11 Å². The molecule has 4 rings (SSSR count). The maximum atomic E-state index is 10.2. The van der Waals surface area contributed by atoms with Crippen LogP contribution in [0.15, 0.2) is 30.3 Å². The lowest BCUT2D eigenvalue weighted by Crippen LogP contribution is -2.44. The van der Waals surface area contributed by atoms with E-state index in [0.717, 1.165) is 68.2 Å². The van der Waals surface area contributed by atoms with Crippen LogP contribution in [0.4, 0.5) is 5.82 Å². The molecule has 0 radical (unpaired) electrons. The van der Waals surface area contributed by atoms with Crippen molar-refractivity contribution in [3.05, 3.63) is 35.9 Å². The number of hydrogen-bond acceptors (Lipinski definition) is 6. The van der Waals surface area contributed by atoms with Gasteiger partial charge < -0.3 is 20.2 Å². The Balaban J connectivity index is 1.43. The fourth-order valence-electron chi connectivity index (χ4n) is 4.16. The van der Waals surface area contributed by atoms with E-state index in [0.29, 0.717) is 11.8 Å². The first kappa shape index (κ1) is 19.2. The molecule has 2 fully saturated rings. The summed E-state index contributed by atoms with van der Waals surface area (Å²) < 4.78 is 0. The number of likely N-dealkylation sites (N-methyl/N-ethyl adjacent to an activating group) is 1. The first-order valence-corrected chi connectivity index (χ1v) is 10.5. The van der Waals surface area contributed by atoms with E-state index in [1.54, 1.807) is 6.07 Å². The summed E-state index contributed by atoms with van der Waals surface area (Å²) in [4.78, 5) is 4.61. The van der Waals surface area contributed by atoms with E-state index in [2.05, 4.69) is 38.4 Å². The number of benzene rings is 1. The van der Waals surface area contributed by atoms with Crippen molar-refractivity contribution in [2.24, 2.45) is 0 Å². The Morgan fingerprint density at radius 1 is 1.07 bits per heavy atom. The van der Waals surface area contributed by atoms with E-state index in [1.165, 1.54) is 19.3 Å². The first-order valence-electron chi connectivity index (χ1n) is 10.5. The maximum Gasteiger partial charge on any atom is 0.151 e. The highest BCUT2D eigenvalue weighted by molar-refractivity contribution is 5.63. The molecule has 0 aliphatic carbocycles. The summed E-state index contributed by atoms with van der Waals surface area (Å²) in [7, 11) is 2.15. The van der Waals surface area contributed by atoms with Crippen LogP contribution in [-0.2, 0) is 6.42 Å². The van der Waals surface area contributed by atoms with E-state index in [1.807, 2.05) is 18.2 Å². The number of aromatic nitrogens is 2. The van der Waals surface area contributed by atoms with Crippen LogP contribution in [0.2, 0.25) is 0 Å². The first-order chi connectivity index (χ1) is 13.7. The SMILES string of the molecule is CN1CCN(c2ccc(-c3cc(O)cc(CCC4CCCCN4)c3)nn2)CC1. The van der Waals surface area contributed by atoms with Gasteiger partial charge in [0.15, 0.2) is 5.82 Å². The van der Waals surface area contributed by atoms with Gasteiger partial charge in [0.1, 0.15) is 5.75 Å². The third-order valence-electron chi connectivity index (χ3n) is 5.94. The molecule has 0 saturated carbocycles. The van der Waals surface area contributed by atoms with Crippen LogP contribution in [0.3, 0.4) is 0 Å². The van der Waals surface area contributed by atoms with Gasteiger partial charge in [0.05, 0.1) is 5.69 Å². The van der Waals surface area contributed by atoms with Crippen LogP contribution in [-0.4, -0.2) is 66.0 Å². The van der Waals surface area contributed by atoms with E-state index < -0.39 is 0 Å². The molecule has 2 aliphatic rings. The molecule has 3 heterocycles. The molecule has 1 unspecified atom stereocenters. The molecule has 150 valence electrons. The molecule has 0 bridgehead atoms. The van der Waals surface area contributed by atoms with Gasteiger partial charge in [-0.3, -0.25) is 0 Å². The van der Waals surface area contributed by atoms with Gasteiger partial charge in [-0.1, -0.05) is 6.42 Å². The Morgan fingerprint density at radius 2 is 1.93 bits per heavy atom. The molecule has 2 N–H and O–H groups in total. The zero-order valence-electron chi connectivity index (χ0n) is 16.8. The summed E-state index contributed by atoms with van der Waals surface area (Å²) in [6.07, 6.45) is 5.93. The standard InChI is InChI=1S/C22H31N5O/c1-26-10-12-27(13-11-26)22-8-7-21(24-25-22)18-14-17(15-20(28)16-18)5-6-19-4-2-3-9-23-19/h7-8,14-16,19,23,28H,2-6,9-13H2,1H3. The zero-order valence-corrected chi connectivity index (χ0v) is 16.8. The Bertz CT molecular complexity index is 765. The summed E-state index contributed by atoms with van der Waals surface area (Å²) in [6, 6.07) is 10.5. The summed E-state index contributed by atoms with van der Waals surface area (Å²) in [6.45, 7) is 5.20. The average Bonchev–Trinajstić information content (AvgIpc) is 2.73. The van der Waals surface area contributed by atoms with Gasteiger partial charge in [-0.15, -0.1) is 10.2 Å². The number of phenolic OH excluding ortho intramolecular Hbond substituents is 1. The summed E-state index contributed by atoms with van der Waals surface area (Å²) >= 11 is 0. The van der Waals surface area contributed by atoms with Gasteiger partial charge in [0.25, 0.3) is 0 Å². The number of aryl methyl sites for hydroxylation is 1. The highest BCUT2D eigenvalue weighted by Gasteiger charge is 2.16. The molecule has 0 amide bonds. The molecule has 0 spiro atoms. The van der Waals surface area contributed by atoms with E-state index >= 15 is 0 Å². The number of nitrogens with one attached hydrogen (secondary N) is 1. The van der Waals surface area contributed by atoms with E-state index in [-0.39, 0.29) is 0 Å². The topological polar surface area (TPSA) is 64.5 Å². The fourth-order valence-corrected chi connectivity index (χ4v) is 4.16. The number of aromatic hydroxyl groups is 1. The molecule has 1 aromatic heterocycles. The van der Waals surface area contributed by atoms with Crippen molar-refractivity contribution in [1.29, 1.82) is 0 Å². The zero-order chi connectivity index (χ0) is 19.3. The van der Waals surface area contributed by atoms with Crippen LogP contribution in [0.5, 0.6) is 5.75 Å². The van der Waals surface area contributed by atoms with Crippen LogP contribution < -0.4 is 10.2 Å². The van der Waals surface area contributed by atoms with E-state index in [4.69, 9.17) is 0 Å². The Labute approximate surface area is 167 Å². The van der Waals surface area contributed by atoms with Crippen LogP contribution in [0.1, 0.15) is 31.2 Å². The summed E-state index contributed by atoms with van der Waals surface area (Å²) in [5, 5.41) is 22.7. The smallest absolute Gasteiger partial charge is 0.151 e. The minimum Gasteiger partial charge on any atom is -0.508 e. The van der Waals surface area contributed by atoms with Gasteiger partial charge in [-0.05, 0) is 75.2 Å². The molecule has 28 heavy (non-hydrogen) atoms. The molecular weight excluding hydrogens is 350 g/mol. The fraction of sp³-hybridized carbons (Fsp3) is 0.545. The minimum atomic E-state index is 0.300. The number of hydrogen-bond donors (Lipinski definition) is 2. The van der Waals surface area contributed by atoms with E-state index in [9.17, 15) is 5.11 Å². The molecule has 6 nitrogen and oxygen atoms in total. The van der Waals surface area contributed by atoms with Gasteiger partial charge >= 0.3 is 0 Å². The quantitative estimate of drug-likeness (QED) is 0.830. The summed E-state index contributed by atoms with van der Waals surface area (Å²) in [5.41, 5.74) is 2.90. The highest BCUT2D eigenvalue weighted by Crippen LogP contribution is 2.26. The predicted molar refractivity (Wildman–Crippen MR) is 113 cm³/mol. The second-order valence-electron chi connectivity index (χ2n) is 8.14. The van der Waals surface area contributed by atoms with Crippen molar-refractivity contribution in [2.45, 2.75) is 38.1 Å². The molecule has 2 aromatic rings. The molecule has 1 atom stereocenters. The number of phenols is 1. The van der Waals surface area contributed by atoms with Crippen molar-refractivity contribution in [3.8, 4) is 17.0 Å². The molecule has 2 aliphatic heterocycles. The maximum absolute atomic E-state index is 10.2. The average molecular weight is 382 g/mol. The number of nitrogens with zero attached hydrogens (tertiary/aromatic N) is 4. The number of rotatable bonds is 5. The van der Waals surface area contributed by atoms with Crippen molar-refractivity contribution in [3.63, 3.8) is 0 Å². The van der Waals surface area contributed by atoms with Gasteiger partial charge in [-0.2, -0.15) is 0 Å². The van der Waals surface area contributed by atoms with Gasteiger partial charge in [0.2, 0.25) is 0 Å². The molecule has 2 saturated heterocycles. The lowest BCUT2D eigenvalue weighted by atomic mass is 9.96. The second kappa shape index (κ2) is 8.88. The monoisotopic (exact) mass is 381 g/mol. The Kier molecular flexibility index (Phi) is 6.07.